The van der Waals surface area contributed by atoms with Crippen molar-refractivity contribution >= 4 is 11.6 Å². The van der Waals surface area contributed by atoms with Gasteiger partial charge in [0.2, 0.25) is 0 Å². The highest BCUT2D eigenvalue weighted by molar-refractivity contribution is 5.47. The van der Waals surface area contributed by atoms with Gasteiger partial charge in [-0.2, -0.15) is 0 Å². The molecule has 1 heterocycles. The maximum absolute atomic E-state index is 5.16. The summed E-state index contributed by atoms with van der Waals surface area (Å²) in [4.78, 5) is 8.71. The summed E-state index contributed by atoms with van der Waals surface area (Å²) in [7, 11) is 3.55. The minimum atomic E-state index is 0.165. The van der Waals surface area contributed by atoms with Crippen LogP contribution in [-0.4, -0.2) is 36.8 Å². The summed E-state index contributed by atoms with van der Waals surface area (Å²) in [5, 5.41) is 6.25. The maximum Gasteiger partial charge on any atom is 0.132 e. The second-order valence-corrected chi connectivity index (χ2v) is 3.59. The number of rotatable bonds is 6. The molecule has 0 aromatic carbocycles. The molecule has 0 bridgehead atoms. The van der Waals surface area contributed by atoms with Crippen LogP contribution in [0.25, 0.3) is 0 Å². The van der Waals surface area contributed by atoms with Gasteiger partial charge in [0.25, 0.3) is 0 Å². The van der Waals surface area contributed by atoms with Crippen molar-refractivity contribution in [3.63, 3.8) is 0 Å². The summed E-state index contributed by atoms with van der Waals surface area (Å²) < 4.78 is 5.16. The average molecular weight is 224 g/mol. The zero-order valence-electron chi connectivity index (χ0n) is 10.4. The summed E-state index contributed by atoms with van der Waals surface area (Å²) in [6.45, 7) is 4.78. The predicted octanol–water partition coefficient (Wildman–Crippen LogP) is 1.53. The van der Waals surface area contributed by atoms with Crippen LogP contribution in [0.5, 0.6) is 0 Å². The molecule has 1 atom stereocenters. The Balaban J connectivity index is 2.71. The Kier molecular flexibility index (Phi) is 4.98. The van der Waals surface area contributed by atoms with E-state index in [0.717, 1.165) is 30.4 Å². The lowest BCUT2D eigenvalue weighted by atomic mass is 10.4. The number of aryl methyl sites for hydroxylation is 1. The highest BCUT2D eigenvalue weighted by Gasteiger charge is 2.04. The molecule has 0 aliphatic rings. The first-order valence-electron chi connectivity index (χ1n) is 5.52. The van der Waals surface area contributed by atoms with Gasteiger partial charge >= 0.3 is 0 Å². The van der Waals surface area contributed by atoms with Crippen LogP contribution < -0.4 is 10.6 Å². The van der Waals surface area contributed by atoms with Gasteiger partial charge in [-0.05, 0) is 6.92 Å². The zero-order valence-corrected chi connectivity index (χ0v) is 10.4. The normalized spacial score (nSPS) is 12.2. The van der Waals surface area contributed by atoms with Crippen LogP contribution in [-0.2, 0) is 11.2 Å². The third-order valence-corrected chi connectivity index (χ3v) is 2.32. The Morgan fingerprint density at radius 3 is 2.62 bits per heavy atom. The molecule has 1 rings (SSSR count). The summed E-state index contributed by atoms with van der Waals surface area (Å²) in [6, 6.07) is 1.89. The molecule has 1 aromatic rings. The second kappa shape index (κ2) is 6.27. The van der Waals surface area contributed by atoms with Gasteiger partial charge in [0, 0.05) is 33.2 Å². The monoisotopic (exact) mass is 224 g/mol. The van der Waals surface area contributed by atoms with Gasteiger partial charge in [0.05, 0.1) is 6.10 Å². The van der Waals surface area contributed by atoms with Crippen LogP contribution in [0.15, 0.2) is 6.07 Å². The van der Waals surface area contributed by atoms with E-state index < -0.39 is 0 Å². The SMILES string of the molecule is CCc1nc(NC)cc(NCC(C)OC)n1. The van der Waals surface area contributed by atoms with Crippen LogP contribution in [0.2, 0.25) is 0 Å². The Morgan fingerprint density at radius 1 is 1.38 bits per heavy atom. The van der Waals surface area contributed by atoms with E-state index in [9.17, 15) is 0 Å². The molecule has 0 spiro atoms. The number of hydrogen-bond acceptors (Lipinski definition) is 5. The lowest BCUT2D eigenvalue weighted by molar-refractivity contribution is 0.128. The molecule has 90 valence electrons. The fourth-order valence-corrected chi connectivity index (χ4v) is 1.21. The number of nitrogens with zero attached hydrogens (tertiary/aromatic N) is 2. The topological polar surface area (TPSA) is 59.1 Å². The van der Waals surface area contributed by atoms with Crippen LogP contribution in [0.3, 0.4) is 0 Å². The van der Waals surface area contributed by atoms with E-state index in [4.69, 9.17) is 4.74 Å². The molecule has 1 aromatic heterocycles. The van der Waals surface area contributed by atoms with Gasteiger partial charge < -0.3 is 15.4 Å². The van der Waals surface area contributed by atoms with Crippen LogP contribution in [0, 0.1) is 0 Å². The Labute approximate surface area is 96.6 Å². The smallest absolute Gasteiger partial charge is 0.132 e. The fourth-order valence-electron chi connectivity index (χ4n) is 1.21. The predicted molar refractivity (Wildman–Crippen MR) is 65.9 cm³/mol. The molecule has 0 amide bonds. The van der Waals surface area contributed by atoms with Crippen LogP contribution in [0.4, 0.5) is 11.6 Å². The molecule has 0 saturated carbocycles. The minimum Gasteiger partial charge on any atom is -0.380 e. The van der Waals surface area contributed by atoms with Gasteiger partial charge in [-0.1, -0.05) is 6.92 Å². The molecule has 0 saturated heterocycles. The number of aromatic nitrogens is 2. The van der Waals surface area contributed by atoms with E-state index in [0.29, 0.717) is 0 Å². The van der Waals surface area contributed by atoms with Gasteiger partial charge in [0.15, 0.2) is 0 Å². The molecule has 0 aliphatic heterocycles. The molecule has 5 nitrogen and oxygen atoms in total. The highest BCUT2D eigenvalue weighted by atomic mass is 16.5. The van der Waals surface area contributed by atoms with Gasteiger partial charge in [-0.15, -0.1) is 0 Å². The highest BCUT2D eigenvalue weighted by Crippen LogP contribution is 2.11. The summed E-state index contributed by atoms with van der Waals surface area (Å²) in [6.07, 6.45) is 0.988. The van der Waals surface area contributed by atoms with Crippen molar-refractivity contribution in [3.05, 3.63) is 11.9 Å². The summed E-state index contributed by atoms with van der Waals surface area (Å²) in [5.41, 5.74) is 0. The molecule has 0 aliphatic carbocycles. The molecule has 0 radical (unpaired) electrons. The number of hydrogen-bond donors (Lipinski definition) is 2. The zero-order chi connectivity index (χ0) is 12.0. The second-order valence-electron chi connectivity index (χ2n) is 3.59. The van der Waals surface area contributed by atoms with E-state index in [2.05, 4.69) is 20.6 Å². The van der Waals surface area contributed by atoms with Crippen molar-refractivity contribution in [1.82, 2.24) is 9.97 Å². The van der Waals surface area contributed by atoms with Gasteiger partial charge in [-0.25, -0.2) is 9.97 Å². The van der Waals surface area contributed by atoms with E-state index in [1.165, 1.54) is 0 Å². The largest absolute Gasteiger partial charge is 0.380 e. The average Bonchev–Trinajstić information content (AvgIpc) is 2.35. The van der Waals surface area contributed by atoms with Crippen molar-refractivity contribution in [3.8, 4) is 0 Å². The molecule has 0 fully saturated rings. The Hall–Kier alpha value is -1.36. The first-order valence-corrected chi connectivity index (χ1v) is 5.52. The maximum atomic E-state index is 5.16. The third-order valence-electron chi connectivity index (χ3n) is 2.32. The van der Waals surface area contributed by atoms with Crippen LogP contribution >= 0.6 is 0 Å². The quantitative estimate of drug-likeness (QED) is 0.767. The van der Waals surface area contributed by atoms with E-state index in [-0.39, 0.29) is 6.10 Å². The number of methoxy groups -OCH3 is 1. The van der Waals surface area contributed by atoms with Crippen molar-refractivity contribution in [2.45, 2.75) is 26.4 Å². The Morgan fingerprint density at radius 2 is 2.06 bits per heavy atom. The van der Waals surface area contributed by atoms with E-state index >= 15 is 0 Å². The molecular formula is C11H20N4O. The Bertz CT molecular complexity index is 308. The van der Waals surface area contributed by atoms with Gasteiger partial charge in [-0.3, -0.25) is 0 Å². The summed E-state index contributed by atoms with van der Waals surface area (Å²) in [5.74, 6) is 2.50. The van der Waals surface area contributed by atoms with Crippen molar-refractivity contribution in [2.24, 2.45) is 0 Å². The van der Waals surface area contributed by atoms with Gasteiger partial charge in [0.1, 0.15) is 17.5 Å². The fraction of sp³-hybridized carbons (Fsp3) is 0.636. The minimum absolute atomic E-state index is 0.165. The number of nitrogens with one attached hydrogen (secondary N) is 2. The third kappa shape index (κ3) is 3.66. The first-order chi connectivity index (χ1) is 7.69. The molecule has 5 heteroatoms. The lowest BCUT2D eigenvalue weighted by Crippen LogP contribution is -2.19. The van der Waals surface area contributed by atoms with E-state index in [1.807, 2.05) is 27.0 Å². The van der Waals surface area contributed by atoms with Crippen molar-refractivity contribution in [1.29, 1.82) is 0 Å². The number of anilines is 2. The molecular weight excluding hydrogens is 204 g/mol. The van der Waals surface area contributed by atoms with Crippen molar-refractivity contribution < 1.29 is 4.74 Å². The molecule has 1 unspecified atom stereocenters. The first kappa shape index (κ1) is 12.7. The van der Waals surface area contributed by atoms with Crippen molar-refractivity contribution in [2.75, 3.05) is 31.3 Å². The standard InChI is InChI=1S/C11H20N4O/c1-5-9-14-10(12-3)6-11(15-9)13-7-8(2)16-4/h6,8H,5,7H2,1-4H3,(H2,12,13,14,15). The lowest BCUT2D eigenvalue weighted by Gasteiger charge is -2.12. The molecule has 2 N–H and O–H groups in total. The van der Waals surface area contributed by atoms with E-state index in [1.54, 1.807) is 7.11 Å². The summed E-state index contributed by atoms with van der Waals surface area (Å²) >= 11 is 0. The number of ether oxygens (including phenoxy) is 1. The van der Waals surface area contributed by atoms with Crippen LogP contribution in [0.1, 0.15) is 19.7 Å². The molecule has 16 heavy (non-hydrogen) atoms.